The molecule has 0 atom stereocenters. The van der Waals surface area contributed by atoms with Gasteiger partial charge in [0, 0.05) is 16.1 Å². The quantitative estimate of drug-likeness (QED) is 0.183. The van der Waals surface area contributed by atoms with Gasteiger partial charge >= 0.3 is 6.18 Å². The van der Waals surface area contributed by atoms with Crippen molar-refractivity contribution in [2.24, 2.45) is 5.10 Å². The molecule has 10 heteroatoms. The zero-order valence-electron chi connectivity index (χ0n) is 20.0. The molecule has 39 heavy (non-hydrogen) atoms. The molecule has 0 aliphatic rings. The maximum atomic E-state index is 13.4. The number of fused-ring (bicyclic) bond motifs is 1. The van der Waals surface area contributed by atoms with Crippen LogP contribution in [-0.4, -0.2) is 15.9 Å². The predicted molar refractivity (Wildman–Crippen MR) is 149 cm³/mol. The maximum Gasteiger partial charge on any atom is 0.416 e. The molecular formula is C29H18BrClF3N3O2. The van der Waals surface area contributed by atoms with Gasteiger partial charge in [-0.1, -0.05) is 54.1 Å². The molecule has 1 aromatic heterocycles. The van der Waals surface area contributed by atoms with Crippen LogP contribution in [0, 0.1) is 0 Å². The van der Waals surface area contributed by atoms with E-state index in [1.54, 1.807) is 48.5 Å². The lowest BCUT2D eigenvalue weighted by Crippen LogP contribution is -2.20. The molecule has 1 heterocycles. The van der Waals surface area contributed by atoms with Crippen molar-refractivity contribution >= 4 is 44.6 Å². The first-order chi connectivity index (χ1) is 18.7. The van der Waals surface area contributed by atoms with Gasteiger partial charge in [-0.25, -0.2) is 4.98 Å². The average Bonchev–Trinajstić information content (AvgIpc) is 2.92. The molecule has 0 aliphatic heterocycles. The third kappa shape index (κ3) is 5.89. The Morgan fingerprint density at radius 3 is 2.51 bits per heavy atom. The number of ether oxygens (including phenoxy) is 1. The van der Waals surface area contributed by atoms with E-state index < -0.39 is 17.3 Å². The first-order valence-electron chi connectivity index (χ1n) is 11.6. The van der Waals surface area contributed by atoms with E-state index in [-0.39, 0.29) is 23.4 Å². The lowest BCUT2D eigenvalue weighted by atomic mass is 10.1. The Morgan fingerprint density at radius 1 is 0.974 bits per heavy atom. The van der Waals surface area contributed by atoms with E-state index in [1.807, 2.05) is 18.2 Å². The topological polar surface area (TPSA) is 56.5 Å². The van der Waals surface area contributed by atoms with Crippen LogP contribution >= 0.6 is 27.5 Å². The molecule has 0 unspecified atom stereocenters. The summed E-state index contributed by atoms with van der Waals surface area (Å²) >= 11 is 9.68. The molecule has 0 N–H and O–H groups in total. The predicted octanol–water partition coefficient (Wildman–Crippen LogP) is 7.96. The second-order valence-corrected chi connectivity index (χ2v) is 9.72. The van der Waals surface area contributed by atoms with Gasteiger partial charge in [-0.3, -0.25) is 4.79 Å². The Morgan fingerprint density at radius 2 is 1.74 bits per heavy atom. The molecule has 0 saturated heterocycles. The Labute approximate surface area is 234 Å². The van der Waals surface area contributed by atoms with Crippen LogP contribution < -0.4 is 10.3 Å². The molecule has 0 saturated carbocycles. The number of para-hydroxylation sites is 1. The van der Waals surface area contributed by atoms with Crippen molar-refractivity contribution in [1.82, 2.24) is 9.66 Å². The molecular weight excluding hydrogens is 595 g/mol. The van der Waals surface area contributed by atoms with E-state index in [0.29, 0.717) is 26.3 Å². The minimum atomic E-state index is -4.55. The van der Waals surface area contributed by atoms with Crippen LogP contribution in [-0.2, 0) is 12.8 Å². The van der Waals surface area contributed by atoms with E-state index in [9.17, 15) is 18.0 Å². The number of hydrogen-bond donors (Lipinski definition) is 0. The van der Waals surface area contributed by atoms with Crippen molar-refractivity contribution in [3.05, 3.63) is 128 Å². The maximum absolute atomic E-state index is 13.4. The van der Waals surface area contributed by atoms with Gasteiger partial charge in [0.2, 0.25) is 0 Å². The van der Waals surface area contributed by atoms with Crippen LogP contribution in [0.4, 0.5) is 13.2 Å². The van der Waals surface area contributed by atoms with Crippen molar-refractivity contribution < 1.29 is 17.9 Å². The van der Waals surface area contributed by atoms with Crippen molar-refractivity contribution in [2.45, 2.75) is 12.8 Å². The number of alkyl halides is 3. The molecule has 0 aliphatic carbocycles. The average molecular weight is 613 g/mol. The van der Waals surface area contributed by atoms with Gasteiger partial charge in [0.15, 0.2) is 5.82 Å². The van der Waals surface area contributed by atoms with Gasteiger partial charge in [-0.2, -0.15) is 22.9 Å². The van der Waals surface area contributed by atoms with Gasteiger partial charge in [0.25, 0.3) is 5.56 Å². The van der Waals surface area contributed by atoms with Crippen LogP contribution in [0.25, 0.3) is 22.3 Å². The summed E-state index contributed by atoms with van der Waals surface area (Å²) in [4.78, 5) is 17.8. The number of benzene rings is 4. The summed E-state index contributed by atoms with van der Waals surface area (Å²) < 4.78 is 47.7. The highest BCUT2D eigenvalue weighted by Crippen LogP contribution is 2.32. The standard InChI is InChI=1S/C29H18BrClF3N3O2/c30-23-14-18(12-13-26(23)39-17-20-6-1-3-10-24(20)31)16-35-37-27(19-7-5-8-21(15-19)29(32,33)34)36-25-11-4-2-9-22(25)28(37)38/h1-16H,17H2. The number of halogens is 5. The summed E-state index contributed by atoms with van der Waals surface area (Å²) in [6.07, 6.45) is -3.12. The molecule has 4 aromatic carbocycles. The first-order valence-corrected chi connectivity index (χ1v) is 12.8. The van der Waals surface area contributed by atoms with Crippen molar-refractivity contribution in [1.29, 1.82) is 0 Å². The monoisotopic (exact) mass is 611 g/mol. The highest BCUT2D eigenvalue weighted by molar-refractivity contribution is 9.10. The van der Waals surface area contributed by atoms with Crippen LogP contribution in [0.2, 0.25) is 5.02 Å². The lowest BCUT2D eigenvalue weighted by Gasteiger charge is -2.12. The van der Waals surface area contributed by atoms with Crippen molar-refractivity contribution in [2.75, 3.05) is 0 Å². The van der Waals surface area contributed by atoms with E-state index in [0.717, 1.165) is 22.4 Å². The molecule has 0 fully saturated rings. The minimum Gasteiger partial charge on any atom is -0.488 e. The molecule has 196 valence electrons. The Hall–Kier alpha value is -3.95. The fourth-order valence-electron chi connectivity index (χ4n) is 3.86. The van der Waals surface area contributed by atoms with E-state index >= 15 is 0 Å². The zero-order valence-corrected chi connectivity index (χ0v) is 22.3. The van der Waals surface area contributed by atoms with Crippen LogP contribution in [0.15, 0.2) is 105 Å². The summed E-state index contributed by atoms with van der Waals surface area (Å²) in [6, 6.07) is 23.8. The third-order valence-corrected chi connectivity index (χ3v) is 6.81. The Balaban J connectivity index is 1.50. The fraction of sp³-hybridized carbons (Fsp3) is 0.0690. The number of aromatic nitrogens is 2. The van der Waals surface area contributed by atoms with E-state index in [2.05, 4.69) is 26.0 Å². The molecule has 5 rings (SSSR count). The van der Waals surface area contributed by atoms with Gasteiger partial charge in [-0.05, 0) is 70.0 Å². The minimum absolute atomic E-state index is 0.0141. The molecule has 0 bridgehead atoms. The number of rotatable bonds is 6. The highest BCUT2D eigenvalue weighted by Gasteiger charge is 2.31. The van der Waals surface area contributed by atoms with E-state index in [4.69, 9.17) is 16.3 Å². The summed E-state index contributed by atoms with van der Waals surface area (Å²) in [6.45, 7) is 0.268. The number of nitrogens with zero attached hydrogens (tertiary/aromatic N) is 3. The fourth-order valence-corrected chi connectivity index (χ4v) is 4.56. The Kier molecular flexibility index (Phi) is 7.54. The van der Waals surface area contributed by atoms with Crippen molar-refractivity contribution in [3.8, 4) is 17.1 Å². The molecule has 5 nitrogen and oxygen atoms in total. The molecule has 0 radical (unpaired) electrons. The third-order valence-electron chi connectivity index (χ3n) is 5.82. The molecule has 0 spiro atoms. The first kappa shape index (κ1) is 26.6. The van der Waals surface area contributed by atoms with Crippen LogP contribution in [0.3, 0.4) is 0 Å². The van der Waals surface area contributed by atoms with Gasteiger partial charge < -0.3 is 4.74 Å². The normalized spacial score (nSPS) is 11.8. The van der Waals surface area contributed by atoms with Crippen molar-refractivity contribution in [3.63, 3.8) is 0 Å². The largest absolute Gasteiger partial charge is 0.488 e. The smallest absolute Gasteiger partial charge is 0.416 e. The molecule has 0 amide bonds. The van der Waals surface area contributed by atoms with Gasteiger partial charge in [0.05, 0.1) is 27.2 Å². The SMILES string of the molecule is O=c1c2ccccc2nc(-c2cccc(C(F)(F)F)c2)n1N=Cc1ccc(OCc2ccccc2Cl)c(Br)c1. The second kappa shape index (κ2) is 11.0. The summed E-state index contributed by atoms with van der Waals surface area (Å²) in [5.74, 6) is 0.557. The summed E-state index contributed by atoms with van der Waals surface area (Å²) in [5, 5.41) is 5.21. The zero-order chi connectivity index (χ0) is 27.6. The van der Waals surface area contributed by atoms with Gasteiger partial charge in [-0.15, -0.1) is 0 Å². The Bertz CT molecular complexity index is 1770. The van der Waals surface area contributed by atoms with Crippen LogP contribution in [0.5, 0.6) is 5.75 Å². The van der Waals surface area contributed by atoms with Crippen LogP contribution in [0.1, 0.15) is 16.7 Å². The highest BCUT2D eigenvalue weighted by atomic mass is 79.9. The lowest BCUT2D eigenvalue weighted by molar-refractivity contribution is -0.137. The number of hydrogen-bond acceptors (Lipinski definition) is 4. The second-order valence-electron chi connectivity index (χ2n) is 8.46. The van der Waals surface area contributed by atoms with E-state index in [1.165, 1.54) is 18.3 Å². The summed E-state index contributed by atoms with van der Waals surface area (Å²) in [5.41, 5.74) is 0.541. The molecule has 5 aromatic rings. The van der Waals surface area contributed by atoms with Gasteiger partial charge in [0.1, 0.15) is 12.4 Å². The summed E-state index contributed by atoms with van der Waals surface area (Å²) in [7, 11) is 0.